The van der Waals surface area contributed by atoms with Gasteiger partial charge in [-0.2, -0.15) is 0 Å². The van der Waals surface area contributed by atoms with Crippen LogP contribution >= 0.6 is 0 Å². The number of hydrogen-bond acceptors (Lipinski definition) is 2. The summed E-state index contributed by atoms with van der Waals surface area (Å²) in [6.45, 7) is 1.22. The van der Waals surface area contributed by atoms with E-state index >= 15 is 0 Å². The van der Waals surface area contributed by atoms with E-state index in [-0.39, 0.29) is 11.8 Å². The second-order valence-corrected chi connectivity index (χ2v) is 5.73. The quantitative estimate of drug-likeness (QED) is 0.694. The van der Waals surface area contributed by atoms with Crippen LogP contribution in [-0.4, -0.2) is 27.8 Å². The molecule has 2 amide bonds. The van der Waals surface area contributed by atoms with Crippen LogP contribution in [0, 0.1) is 0 Å². The first-order chi connectivity index (χ1) is 11.3. The fraction of sp³-hybridized carbons (Fsp3) is 0.158. The second kappa shape index (κ2) is 5.39. The Labute approximate surface area is 133 Å². The molecule has 2 aromatic carbocycles. The minimum absolute atomic E-state index is 0.178. The highest BCUT2D eigenvalue weighted by molar-refractivity contribution is 6.21. The first-order valence-corrected chi connectivity index (χ1v) is 7.75. The third-order valence-electron chi connectivity index (χ3n) is 4.34. The van der Waals surface area contributed by atoms with Crippen molar-refractivity contribution in [2.75, 3.05) is 6.54 Å². The van der Waals surface area contributed by atoms with E-state index in [1.807, 2.05) is 18.3 Å². The highest BCUT2D eigenvalue weighted by Gasteiger charge is 2.34. The molecule has 3 aromatic rings. The van der Waals surface area contributed by atoms with Crippen LogP contribution in [0.25, 0.3) is 10.9 Å². The van der Waals surface area contributed by atoms with E-state index in [1.54, 1.807) is 24.3 Å². The fourth-order valence-electron chi connectivity index (χ4n) is 3.18. The van der Waals surface area contributed by atoms with E-state index in [2.05, 4.69) is 22.8 Å². The molecule has 2 heterocycles. The van der Waals surface area contributed by atoms with Gasteiger partial charge in [0.05, 0.1) is 11.1 Å². The van der Waals surface area contributed by atoms with Crippen LogP contribution in [0.15, 0.2) is 60.8 Å². The number of carbonyl (C=O) groups excluding carboxylic acids is 2. The Morgan fingerprint density at radius 1 is 0.739 bits per heavy atom. The van der Waals surface area contributed by atoms with Crippen molar-refractivity contribution in [1.82, 2.24) is 9.47 Å². The predicted octanol–water partition coefficient (Wildman–Crippen LogP) is 3.33. The number of benzene rings is 2. The second-order valence-electron chi connectivity index (χ2n) is 5.73. The SMILES string of the molecule is O=C1c2ccccc2C(=O)N1CCCn1ccc2ccccc21. The van der Waals surface area contributed by atoms with Gasteiger partial charge in [0.2, 0.25) is 0 Å². The average Bonchev–Trinajstić information content (AvgIpc) is 3.10. The minimum atomic E-state index is -0.178. The number of nitrogens with zero attached hydrogens (tertiary/aromatic N) is 2. The molecule has 0 saturated carbocycles. The van der Waals surface area contributed by atoms with Crippen LogP contribution in [0.2, 0.25) is 0 Å². The summed E-state index contributed by atoms with van der Waals surface area (Å²) in [5.74, 6) is -0.356. The van der Waals surface area contributed by atoms with Gasteiger partial charge in [-0.05, 0) is 36.1 Å². The third kappa shape index (κ3) is 2.23. The van der Waals surface area contributed by atoms with Crippen LogP contribution in [0.1, 0.15) is 27.1 Å². The lowest BCUT2D eigenvalue weighted by molar-refractivity contribution is 0.0651. The van der Waals surface area contributed by atoms with E-state index in [0.717, 1.165) is 13.0 Å². The lowest BCUT2D eigenvalue weighted by Crippen LogP contribution is -2.31. The Balaban J connectivity index is 1.46. The van der Waals surface area contributed by atoms with E-state index in [1.165, 1.54) is 15.8 Å². The maximum atomic E-state index is 12.3. The van der Waals surface area contributed by atoms with Crippen LogP contribution < -0.4 is 0 Å². The van der Waals surface area contributed by atoms with Crippen molar-refractivity contribution < 1.29 is 9.59 Å². The molecule has 0 fully saturated rings. The van der Waals surface area contributed by atoms with E-state index < -0.39 is 0 Å². The van der Waals surface area contributed by atoms with Gasteiger partial charge in [-0.15, -0.1) is 0 Å². The molecule has 1 aromatic heterocycles. The highest BCUT2D eigenvalue weighted by atomic mass is 16.2. The van der Waals surface area contributed by atoms with Crippen LogP contribution in [0.5, 0.6) is 0 Å². The van der Waals surface area contributed by atoms with Gasteiger partial charge >= 0.3 is 0 Å². The fourth-order valence-corrected chi connectivity index (χ4v) is 3.18. The normalized spacial score (nSPS) is 13.8. The van der Waals surface area contributed by atoms with Gasteiger partial charge in [0, 0.05) is 24.8 Å². The summed E-state index contributed by atoms with van der Waals surface area (Å²) < 4.78 is 2.16. The van der Waals surface area contributed by atoms with Crippen LogP contribution in [-0.2, 0) is 6.54 Å². The molecule has 0 N–H and O–H groups in total. The molecule has 0 aliphatic carbocycles. The Morgan fingerprint density at radius 3 is 2.13 bits per heavy atom. The van der Waals surface area contributed by atoms with Gasteiger partial charge in [-0.25, -0.2) is 0 Å². The lowest BCUT2D eigenvalue weighted by Gasteiger charge is -2.14. The Bertz CT molecular complexity index is 875. The van der Waals surface area contributed by atoms with Crippen molar-refractivity contribution in [2.45, 2.75) is 13.0 Å². The van der Waals surface area contributed by atoms with Crippen LogP contribution in [0.4, 0.5) is 0 Å². The summed E-state index contributed by atoms with van der Waals surface area (Å²) in [6, 6.07) is 17.3. The van der Waals surface area contributed by atoms with E-state index in [0.29, 0.717) is 17.7 Å². The van der Waals surface area contributed by atoms with E-state index in [4.69, 9.17) is 0 Å². The smallest absolute Gasteiger partial charge is 0.261 e. The monoisotopic (exact) mass is 304 g/mol. The molecule has 1 aliphatic rings. The standard InChI is InChI=1S/C19H16N2O2/c22-18-15-7-2-3-8-16(15)19(23)21(18)12-5-11-20-13-10-14-6-1-4-9-17(14)20/h1-4,6-10,13H,5,11-12H2. The average molecular weight is 304 g/mol. The molecule has 4 heteroatoms. The van der Waals surface area contributed by atoms with Crippen molar-refractivity contribution in [2.24, 2.45) is 0 Å². The Hall–Kier alpha value is -2.88. The molecule has 0 bridgehead atoms. The molecule has 0 unspecified atom stereocenters. The molecular formula is C19H16N2O2. The number of aromatic nitrogens is 1. The first-order valence-electron chi connectivity index (χ1n) is 7.75. The summed E-state index contributed by atoms with van der Waals surface area (Å²) in [4.78, 5) is 26.0. The molecule has 4 rings (SSSR count). The minimum Gasteiger partial charge on any atom is -0.347 e. The van der Waals surface area contributed by atoms with E-state index in [9.17, 15) is 9.59 Å². The molecule has 4 nitrogen and oxygen atoms in total. The number of para-hydroxylation sites is 1. The zero-order chi connectivity index (χ0) is 15.8. The molecule has 114 valence electrons. The van der Waals surface area contributed by atoms with Gasteiger partial charge in [0.25, 0.3) is 11.8 Å². The summed E-state index contributed by atoms with van der Waals surface area (Å²) in [7, 11) is 0. The van der Waals surface area contributed by atoms with Crippen molar-refractivity contribution >= 4 is 22.7 Å². The number of aryl methyl sites for hydroxylation is 1. The first kappa shape index (κ1) is 13.8. The van der Waals surface area contributed by atoms with Crippen molar-refractivity contribution in [3.05, 3.63) is 71.9 Å². The molecule has 0 saturated heterocycles. The molecule has 1 aliphatic heterocycles. The van der Waals surface area contributed by atoms with Gasteiger partial charge in [0.15, 0.2) is 0 Å². The number of hydrogen-bond donors (Lipinski definition) is 0. The van der Waals surface area contributed by atoms with Crippen molar-refractivity contribution in [3.8, 4) is 0 Å². The number of amides is 2. The van der Waals surface area contributed by atoms with Crippen LogP contribution in [0.3, 0.4) is 0 Å². The summed E-state index contributed by atoms with van der Waals surface area (Å²) >= 11 is 0. The predicted molar refractivity (Wildman–Crippen MR) is 88.4 cm³/mol. The summed E-state index contributed by atoms with van der Waals surface area (Å²) in [5.41, 5.74) is 2.21. The maximum absolute atomic E-state index is 12.3. The Kier molecular flexibility index (Phi) is 3.23. The van der Waals surface area contributed by atoms with Gasteiger partial charge in [-0.1, -0.05) is 30.3 Å². The molecule has 0 atom stereocenters. The van der Waals surface area contributed by atoms with Gasteiger partial charge in [0.1, 0.15) is 0 Å². The highest BCUT2D eigenvalue weighted by Crippen LogP contribution is 2.23. The molecule has 0 radical (unpaired) electrons. The molecular weight excluding hydrogens is 288 g/mol. The summed E-state index contributed by atoms with van der Waals surface area (Å²) in [5, 5.41) is 1.20. The largest absolute Gasteiger partial charge is 0.347 e. The van der Waals surface area contributed by atoms with Crippen molar-refractivity contribution in [1.29, 1.82) is 0 Å². The topological polar surface area (TPSA) is 42.3 Å². The number of imide groups is 1. The number of rotatable bonds is 4. The van der Waals surface area contributed by atoms with Gasteiger partial charge < -0.3 is 4.57 Å². The lowest BCUT2D eigenvalue weighted by atomic mass is 10.1. The Morgan fingerprint density at radius 2 is 1.39 bits per heavy atom. The number of fused-ring (bicyclic) bond motifs is 2. The maximum Gasteiger partial charge on any atom is 0.261 e. The molecule has 0 spiro atoms. The number of carbonyl (C=O) groups is 2. The third-order valence-corrected chi connectivity index (χ3v) is 4.34. The zero-order valence-electron chi connectivity index (χ0n) is 12.6. The van der Waals surface area contributed by atoms with Gasteiger partial charge in [-0.3, -0.25) is 14.5 Å². The molecule has 23 heavy (non-hydrogen) atoms. The summed E-state index contributed by atoms with van der Waals surface area (Å²) in [6.07, 6.45) is 2.79. The zero-order valence-corrected chi connectivity index (χ0v) is 12.6. The van der Waals surface area contributed by atoms with Crippen molar-refractivity contribution in [3.63, 3.8) is 0 Å².